The minimum Gasteiger partial charge on any atom is -0.388 e. The van der Waals surface area contributed by atoms with Crippen LogP contribution < -0.4 is 0 Å². The van der Waals surface area contributed by atoms with Crippen LogP contribution >= 0.6 is 0 Å². The molecule has 1 heteroatoms. The van der Waals surface area contributed by atoms with Crippen molar-refractivity contribution < 1.29 is 5.11 Å². The van der Waals surface area contributed by atoms with Crippen LogP contribution in [-0.2, 0) is 6.42 Å². The Morgan fingerprint density at radius 3 is 2.80 bits per heavy atom. The Labute approximate surface area is 89.4 Å². The van der Waals surface area contributed by atoms with Crippen LogP contribution in [0.25, 0.3) is 10.8 Å². The van der Waals surface area contributed by atoms with Gasteiger partial charge in [-0.1, -0.05) is 43.3 Å². The Kier molecular flexibility index (Phi) is 1.83. The number of hydrogen-bond acceptors (Lipinski definition) is 1. The summed E-state index contributed by atoms with van der Waals surface area (Å²) < 4.78 is 0. The van der Waals surface area contributed by atoms with Gasteiger partial charge in [-0.05, 0) is 34.2 Å². The highest BCUT2D eigenvalue weighted by atomic mass is 16.3. The van der Waals surface area contributed by atoms with Crippen LogP contribution in [0.2, 0.25) is 0 Å². The molecule has 1 N–H and O–H groups in total. The zero-order valence-corrected chi connectivity index (χ0v) is 8.77. The first-order chi connectivity index (χ1) is 7.27. The van der Waals surface area contributed by atoms with E-state index in [0.717, 1.165) is 12.0 Å². The van der Waals surface area contributed by atoms with Crippen molar-refractivity contribution in [3.63, 3.8) is 0 Å². The third kappa shape index (κ3) is 1.20. The number of fused-ring (bicyclic) bond motifs is 3. The van der Waals surface area contributed by atoms with Crippen LogP contribution in [0.5, 0.6) is 0 Å². The third-order valence-corrected chi connectivity index (χ3v) is 3.44. The highest BCUT2D eigenvalue weighted by Gasteiger charge is 2.28. The predicted molar refractivity (Wildman–Crippen MR) is 61.8 cm³/mol. The molecule has 1 aliphatic carbocycles. The highest BCUT2D eigenvalue weighted by molar-refractivity contribution is 5.87. The molecule has 0 aromatic heterocycles. The summed E-state index contributed by atoms with van der Waals surface area (Å²) in [7, 11) is 0. The molecular formula is C14H14O. The summed E-state index contributed by atoms with van der Waals surface area (Å²) in [5, 5.41) is 12.6. The van der Waals surface area contributed by atoms with E-state index in [9.17, 15) is 5.11 Å². The second-order valence-electron chi connectivity index (χ2n) is 4.49. The van der Waals surface area contributed by atoms with E-state index in [-0.39, 0.29) is 6.10 Å². The standard InChI is InChI=1S/C14H14O/c1-9-8-11-7-6-10-4-2-3-5-12(10)13(11)14(9)15/h2-7,9,14-15H,8H2,1H3/t9-,14-/m1/s1. The quantitative estimate of drug-likeness (QED) is 0.689. The topological polar surface area (TPSA) is 20.2 Å². The van der Waals surface area contributed by atoms with E-state index in [0.29, 0.717) is 5.92 Å². The first-order valence-electron chi connectivity index (χ1n) is 5.46. The molecule has 0 unspecified atom stereocenters. The molecule has 0 saturated carbocycles. The SMILES string of the molecule is C[C@@H]1Cc2ccc3ccccc3c2[C@@H]1O. The molecule has 3 rings (SSSR count). The molecule has 15 heavy (non-hydrogen) atoms. The van der Waals surface area contributed by atoms with Crippen molar-refractivity contribution in [2.75, 3.05) is 0 Å². The highest BCUT2D eigenvalue weighted by Crippen LogP contribution is 2.39. The van der Waals surface area contributed by atoms with Crippen molar-refractivity contribution in [1.29, 1.82) is 0 Å². The molecule has 0 heterocycles. The average Bonchev–Trinajstić information content (AvgIpc) is 2.55. The van der Waals surface area contributed by atoms with Crippen LogP contribution in [-0.4, -0.2) is 5.11 Å². The van der Waals surface area contributed by atoms with Crippen LogP contribution in [0.1, 0.15) is 24.2 Å². The van der Waals surface area contributed by atoms with Crippen LogP contribution in [0.3, 0.4) is 0 Å². The van der Waals surface area contributed by atoms with Gasteiger partial charge < -0.3 is 5.11 Å². The summed E-state index contributed by atoms with van der Waals surface area (Å²) in [4.78, 5) is 0. The van der Waals surface area contributed by atoms with E-state index in [2.05, 4.69) is 31.2 Å². The minimum absolute atomic E-state index is 0.286. The maximum atomic E-state index is 10.1. The molecule has 76 valence electrons. The predicted octanol–water partition coefficient (Wildman–Crippen LogP) is 3.07. The monoisotopic (exact) mass is 198 g/mol. The lowest BCUT2D eigenvalue weighted by atomic mass is 9.99. The van der Waals surface area contributed by atoms with Gasteiger partial charge in [-0.2, -0.15) is 0 Å². The van der Waals surface area contributed by atoms with Gasteiger partial charge in [-0.15, -0.1) is 0 Å². The van der Waals surface area contributed by atoms with Crippen molar-refractivity contribution in [1.82, 2.24) is 0 Å². The van der Waals surface area contributed by atoms with Crippen LogP contribution in [0.4, 0.5) is 0 Å². The fourth-order valence-corrected chi connectivity index (χ4v) is 2.61. The molecule has 0 radical (unpaired) electrons. The lowest BCUT2D eigenvalue weighted by Crippen LogP contribution is -2.01. The largest absolute Gasteiger partial charge is 0.388 e. The lowest BCUT2D eigenvalue weighted by Gasteiger charge is -2.11. The molecule has 2 aromatic carbocycles. The Hall–Kier alpha value is -1.34. The van der Waals surface area contributed by atoms with Crippen molar-refractivity contribution in [2.24, 2.45) is 5.92 Å². The van der Waals surface area contributed by atoms with Gasteiger partial charge in [0.25, 0.3) is 0 Å². The summed E-state index contributed by atoms with van der Waals surface area (Å²) in [6, 6.07) is 12.6. The smallest absolute Gasteiger partial charge is 0.0827 e. The maximum Gasteiger partial charge on any atom is 0.0827 e. The Morgan fingerprint density at radius 1 is 1.13 bits per heavy atom. The number of aliphatic hydroxyl groups is 1. The van der Waals surface area contributed by atoms with Gasteiger partial charge in [0, 0.05) is 0 Å². The number of aliphatic hydroxyl groups excluding tert-OH is 1. The molecule has 0 fully saturated rings. The van der Waals surface area contributed by atoms with Crippen molar-refractivity contribution in [3.05, 3.63) is 47.5 Å². The summed E-state index contributed by atoms with van der Waals surface area (Å²) in [5.74, 6) is 0.353. The van der Waals surface area contributed by atoms with Crippen molar-refractivity contribution in [2.45, 2.75) is 19.4 Å². The van der Waals surface area contributed by atoms with E-state index in [1.54, 1.807) is 0 Å². The third-order valence-electron chi connectivity index (χ3n) is 3.44. The van der Waals surface area contributed by atoms with Gasteiger partial charge in [0.15, 0.2) is 0 Å². The molecule has 0 spiro atoms. The van der Waals surface area contributed by atoms with E-state index in [4.69, 9.17) is 0 Å². The fraction of sp³-hybridized carbons (Fsp3) is 0.286. The second-order valence-corrected chi connectivity index (χ2v) is 4.49. The van der Waals surface area contributed by atoms with E-state index >= 15 is 0 Å². The fourth-order valence-electron chi connectivity index (χ4n) is 2.61. The summed E-state index contributed by atoms with van der Waals surface area (Å²) in [5.41, 5.74) is 2.47. The van der Waals surface area contributed by atoms with Gasteiger partial charge >= 0.3 is 0 Å². The van der Waals surface area contributed by atoms with Crippen molar-refractivity contribution in [3.8, 4) is 0 Å². The number of hydrogen-bond donors (Lipinski definition) is 1. The van der Waals surface area contributed by atoms with Crippen LogP contribution in [0, 0.1) is 5.92 Å². The second kappa shape index (κ2) is 3.07. The van der Waals surface area contributed by atoms with Gasteiger partial charge in [-0.3, -0.25) is 0 Å². The Bertz CT molecular complexity index is 516. The van der Waals surface area contributed by atoms with E-state index in [1.807, 2.05) is 12.1 Å². The molecule has 0 bridgehead atoms. The summed E-state index contributed by atoms with van der Waals surface area (Å²) >= 11 is 0. The Balaban J connectivity index is 2.35. The zero-order valence-electron chi connectivity index (χ0n) is 8.77. The number of benzene rings is 2. The summed E-state index contributed by atoms with van der Waals surface area (Å²) in [6.45, 7) is 2.11. The molecule has 2 aromatic rings. The first-order valence-corrected chi connectivity index (χ1v) is 5.46. The van der Waals surface area contributed by atoms with E-state index < -0.39 is 0 Å². The van der Waals surface area contributed by atoms with Gasteiger partial charge in [-0.25, -0.2) is 0 Å². The lowest BCUT2D eigenvalue weighted by molar-refractivity contribution is 0.134. The van der Waals surface area contributed by atoms with Gasteiger partial charge in [0.2, 0.25) is 0 Å². The van der Waals surface area contributed by atoms with Gasteiger partial charge in [0.05, 0.1) is 6.10 Å². The maximum absolute atomic E-state index is 10.1. The van der Waals surface area contributed by atoms with E-state index in [1.165, 1.54) is 16.3 Å². The van der Waals surface area contributed by atoms with Gasteiger partial charge in [0.1, 0.15) is 0 Å². The molecule has 0 saturated heterocycles. The minimum atomic E-state index is -0.286. The van der Waals surface area contributed by atoms with Crippen molar-refractivity contribution >= 4 is 10.8 Å². The molecule has 0 aliphatic heterocycles. The summed E-state index contributed by atoms with van der Waals surface area (Å²) in [6.07, 6.45) is 0.715. The zero-order chi connectivity index (χ0) is 10.4. The average molecular weight is 198 g/mol. The molecule has 1 nitrogen and oxygen atoms in total. The molecular weight excluding hydrogens is 184 g/mol. The van der Waals surface area contributed by atoms with Crippen LogP contribution in [0.15, 0.2) is 36.4 Å². The first kappa shape index (κ1) is 8.93. The molecule has 1 aliphatic rings. The Morgan fingerprint density at radius 2 is 1.93 bits per heavy atom. The number of rotatable bonds is 0. The normalized spacial score (nSPS) is 24.4. The molecule has 2 atom stereocenters. The molecule has 0 amide bonds.